The molecule has 1 fully saturated rings. The lowest BCUT2D eigenvalue weighted by molar-refractivity contribution is 0.164. The molecule has 0 unspecified atom stereocenters. The Bertz CT molecular complexity index is 423. The molecule has 1 aliphatic heterocycles. The van der Waals surface area contributed by atoms with Crippen LogP contribution in [-0.2, 0) is 5.41 Å². The Balaban J connectivity index is 2.06. The predicted molar refractivity (Wildman–Crippen MR) is 64.0 cm³/mol. The molecule has 0 radical (unpaired) electrons. The van der Waals surface area contributed by atoms with Crippen molar-refractivity contribution in [1.82, 2.24) is 0 Å². The van der Waals surface area contributed by atoms with Crippen LogP contribution in [0.4, 0.5) is 0 Å². The molecule has 2 N–H and O–H groups in total. The fourth-order valence-corrected chi connectivity index (χ4v) is 2.34. The van der Waals surface area contributed by atoms with Gasteiger partial charge in [-0.3, -0.25) is 0 Å². The van der Waals surface area contributed by atoms with E-state index in [0.717, 1.165) is 30.1 Å². The van der Waals surface area contributed by atoms with Gasteiger partial charge in [-0.15, -0.1) is 0 Å². The molecule has 0 saturated heterocycles. The van der Waals surface area contributed by atoms with Gasteiger partial charge in [-0.1, -0.05) is 0 Å². The molecule has 0 spiro atoms. The second kappa shape index (κ2) is 3.81. The Labute approximate surface area is 101 Å². The van der Waals surface area contributed by atoms with Gasteiger partial charge in [0.2, 0.25) is 5.75 Å². The molecule has 4 nitrogen and oxygen atoms in total. The maximum atomic E-state index is 5.86. The van der Waals surface area contributed by atoms with Crippen LogP contribution in [0.25, 0.3) is 0 Å². The Hall–Kier alpha value is -1.42. The van der Waals surface area contributed by atoms with Crippen molar-refractivity contribution in [3.8, 4) is 17.2 Å². The van der Waals surface area contributed by atoms with Crippen LogP contribution in [0.5, 0.6) is 17.2 Å². The van der Waals surface area contributed by atoms with Crippen LogP contribution in [0, 0.1) is 0 Å². The van der Waals surface area contributed by atoms with E-state index in [2.05, 4.69) is 6.07 Å². The number of methoxy groups -OCH3 is 1. The fraction of sp³-hybridized carbons (Fsp3) is 0.538. The summed E-state index contributed by atoms with van der Waals surface area (Å²) < 4.78 is 16.6. The van der Waals surface area contributed by atoms with Crippen molar-refractivity contribution in [2.75, 3.05) is 26.9 Å². The van der Waals surface area contributed by atoms with Crippen molar-refractivity contribution in [2.24, 2.45) is 5.73 Å². The third kappa shape index (κ3) is 1.63. The zero-order valence-electron chi connectivity index (χ0n) is 9.99. The summed E-state index contributed by atoms with van der Waals surface area (Å²) >= 11 is 0. The average Bonchev–Trinajstić information content (AvgIpc) is 3.18. The normalized spacial score (nSPS) is 19.9. The SMILES string of the molecule is COc1cc(C2(CN)CC2)cc2c1OCCO2. The number of benzene rings is 1. The van der Waals surface area contributed by atoms with Gasteiger partial charge >= 0.3 is 0 Å². The van der Waals surface area contributed by atoms with Crippen molar-refractivity contribution in [2.45, 2.75) is 18.3 Å². The van der Waals surface area contributed by atoms with Crippen LogP contribution >= 0.6 is 0 Å². The summed E-state index contributed by atoms with van der Waals surface area (Å²) in [5.74, 6) is 2.25. The molecule has 0 amide bonds. The van der Waals surface area contributed by atoms with Gasteiger partial charge in [-0.05, 0) is 30.5 Å². The maximum absolute atomic E-state index is 5.86. The maximum Gasteiger partial charge on any atom is 0.203 e. The fourth-order valence-electron chi connectivity index (χ4n) is 2.34. The van der Waals surface area contributed by atoms with E-state index in [4.69, 9.17) is 19.9 Å². The molecule has 0 aromatic heterocycles. The molecule has 2 aliphatic rings. The van der Waals surface area contributed by atoms with Crippen molar-refractivity contribution in [3.05, 3.63) is 17.7 Å². The molecular formula is C13H17NO3. The minimum Gasteiger partial charge on any atom is -0.493 e. The lowest BCUT2D eigenvalue weighted by Crippen LogP contribution is -2.21. The monoisotopic (exact) mass is 235 g/mol. The molecular weight excluding hydrogens is 218 g/mol. The number of ether oxygens (including phenoxy) is 3. The summed E-state index contributed by atoms with van der Waals surface area (Å²) in [4.78, 5) is 0. The van der Waals surface area contributed by atoms with Crippen molar-refractivity contribution in [3.63, 3.8) is 0 Å². The highest BCUT2D eigenvalue weighted by atomic mass is 16.6. The molecule has 4 heteroatoms. The molecule has 1 heterocycles. The molecule has 1 aromatic carbocycles. The Morgan fingerprint density at radius 1 is 1.29 bits per heavy atom. The highest BCUT2D eigenvalue weighted by Gasteiger charge is 2.44. The van der Waals surface area contributed by atoms with Crippen LogP contribution in [-0.4, -0.2) is 26.9 Å². The van der Waals surface area contributed by atoms with E-state index in [1.807, 2.05) is 6.07 Å². The molecule has 1 saturated carbocycles. The minimum absolute atomic E-state index is 0.142. The van der Waals surface area contributed by atoms with Gasteiger partial charge < -0.3 is 19.9 Å². The third-order valence-corrected chi connectivity index (χ3v) is 3.68. The molecule has 0 bridgehead atoms. The molecule has 92 valence electrons. The smallest absolute Gasteiger partial charge is 0.203 e. The van der Waals surface area contributed by atoms with E-state index in [0.29, 0.717) is 19.8 Å². The van der Waals surface area contributed by atoms with E-state index < -0.39 is 0 Å². The summed E-state index contributed by atoms with van der Waals surface area (Å²) in [5, 5.41) is 0. The van der Waals surface area contributed by atoms with Gasteiger partial charge in [0.1, 0.15) is 13.2 Å². The molecule has 1 aromatic rings. The zero-order valence-corrected chi connectivity index (χ0v) is 9.99. The van der Waals surface area contributed by atoms with Crippen LogP contribution in [0.1, 0.15) is 18.4 Å². The van der Waals surface area contributed by atoms with Gasteiger partial charge in [0, 0.05) is 12.0 Å². The standard InChI is InChI=1S/C13H17NO3/c1-15-10-6-9(13(8-14)2-3-13)7-11-12(10)17-5-4-16-11/h6-7H,2-5,8,14H2,1H3. The number of hydrogen-bond donors (Lipinski definition) is 1. The van der Waals surface area contributed by atoms with E-state index in [1.54, 1.807) is 7.11 Å². The summed E-state index contributed by atoms with van der Waals surface area (Å²) in [7, 11) is 1.65. The summed E-state index contributed by atoms with van der Waals surface area (Å²) in [5.41, 5.74) is 7.21. The molecule has 3 rings (SSSR count). The second-order valence-electron chi connectivity index (χ2n) is 4.69. The van der Waals surface area contributed by atoms with E-state index >= 15 is 0 Å². The van der Waals surface area contributed by atoms with Crippen LogP contribution in [0.3, 0.4) is 0 Å². The van der Waals surface area contributed by atoms with Crippen molar-refractivity contribution in [1.29, 1.82) is 0 Å². The number of rotatable bonds is 3. The zero-order chi connectivity index (χ0) is 11.9. The summed E-state index contributed by atoms with van der Waals surface area (Å²) in [6.07, 6.45) is 2.29. The number of nitrogens with two attached hydrogens (primary N) is 1. The third-order valence-electron chi connectivity index (χ3n) is 3.68. The van der Waals surface area contributed by atoms with Crippen LogP contribution in [0.2, 0.25) is 0 Å². The lowest BCUT2D eigenvalue weighted by atomic mass is 9.95. The first-order chi connectivity index (χ1) is 8.29. The van der Waals surface area contributed by atoms with Crippen molar-refractivity contribution >= 4 is 0 Å². The number of fused-ring (bicyclic) bond motifs is 1. The van der Waals surface area contributed by atoms with Gasteiger partial charge in [0.05, 0.1) is 7.11 Å². The largest absolute Gasteiger partial charge is 0.493 e. The van der Waals surface area contributed by atoms with E-state index in [-0.39, 0.29) is 5.41 Å². The van der Waals surface area contributed by atoms with Gasteiger partial charge in [-0.25, -0.2) is 0 Å². The molecule has 0 atom stereocenters. The quantitative estimate of drug-likeness (QED) is 0.861. The second-order valence-corrected chi connectivity index (χ2v) is 4.69. The summed E-state index contributed by atoms with van der Waals surface area (Å²) in [6.45, 7) is 1.84. The van der Waals surface area contributed by atoms with E-state index in [9.17, 15) is 0 Å². The Kier molecular flexibility index (Phi) is 2.40. The lowest BCUT2D eigenvalue weighted by Gasteiger charge is -2.23. The van der Waals surface area contributed by atoms with Crippen LogP contribution < -0.4 is 19.9 Å². The Morgan fingerprint density at radius 2 is 2.06 bits per heavy atom. The first-order valence-corrected chi connectivity index (χ1v) is 5.97. The molecule has 1 aliphatic carbocycles. The first kappa shape index (κ1) is 10.7. The van der Waals surface area contributed by atoms with Crippen molar-refractivity contribution < 1.29 is 14.2 Å². The minimum atomic E-state index is 0.142. The number of hydrogen-bond acceptors (Lipinski definition) is 4. The van der Waals surface area contributed by atoms with Crippen LogP contribution in [0.15, 0.2) is 12.1 Å². The van der Waals surface area contributed by atoms with Gasteiger partial charge in [-0.2, -0.15) is 0 Å². The Morgan fingerprint density at radius 3 is 2.71 bits per heavy atom. The first-order valence-electron chi connectivity index (χ1n) is 5.97. The highest BCUT2D eigenvalue weighted by molar-refractivity contribution is 5.56. The average molecular weight is 235 g/mol. The molecule has 17 heavy (non-hydrogen) atoms. The van der Waals surface area contributed by atoms with Gasteiger partial charge in [0.15, 0.2) is 11.5 Å². The van der Waals surface area contributed by atoms with E-state index in [1.165, 1.54) is 5.56 Å². The topological polar surface area (TPSA) is 53.7 Å². The van der Waals surface area contributed by atoms with Gasteiger partial charge in [0.25, 0.3) is 0 Å². The predicted octanol–water partition coefficient (Wildman–Crippen LogP) is 1.46. The highest BCUT2D eigenvalue weighted by Crippen LogP contribution is 2.51. The summed E-state index contributed by atoms with van der Waals surface area (Å²) in [6, 6.07) is 4.09.